The van der Waals surface area contributed by atoms with Gasteiger partial charge < -0.3 is 0 Å². The second-order valence-electron chi connectivity index (χ2n) is 3.28. The Balaban J connectivity index is 2.06. The van der Waals surface area contributed by atoms with Gasteiger partial charge in [0.25, 0.3) is 0 Å². The number of nitrogens with zero attached hydrogens (tertiary/aromatic N) is 1. The van der Waals surface area contributed by atoms with E-state index in [-0.39, 0.29) is 0 Å². The van der Waals surface area contributed by atoms with E-state index in [0.717, 1.165) is 12.8 Å². The minimum absolute atomic E-state index is 0.468. The zero-order valence-corrected chi connectivity index (χ0v) is 8.29. The lowest BCUT2D eigenvalue weighted by molar-refractivity contribution is 0.238. The van der Waals surface area contributed by atoms with Gasteiger partial charge in [0.1, 0.15) is 0 Å². The minimum atomic E-state index is -2.89. The number of hydrogen-bond acceptors (Lipinski definition) is 3. The summed E-state index contributed by atoms with van der Waals surface area (Å²) in [4.78, 5) is 0. The van der Waals surface area contributed by atoms with E-state index in [1.165, 1.54) is 20.6 Å². The van der Waals surface area contributed by atoms with Crippen molar-refractivity contribution in [2.45, 2.75) is 31.3 Å². The van der Waals surface area contributed by atoms with Crippen LogP contribution in [0.4, 0.5) is 0 Å². The van der Waals surface area contributed by atoms with Gasteiger partial charge in [-0.25, -0.2) is 4.57 Å². The van der Waals surface area contributed by atoms with Gasteiger partial charge in [-0.2, -0.15) is 4.67 Å². The highest BCUT2D eigenvalue weighted by Gasteiger charge is 2.60. The molecular formula is C7H14NO3P. The van der Waals surface area contributed by atoms with Crippen LogP contribution in [0.2, 0.25) is 0 Å². The molecule has 0 aromatic carbocycles. The zero-order chi connectivity index (χ0) is 8.77. The van der Waals surface area contributed by atoms with Crippen molar-refractivity contribution in [2.24, 2.45) is 0 Å². The standard InChI is InChI=1S/C7H14NO3P/c1-10-12(9,11-2)8-6-4-3-5-7(6)8/h6-7H,3-5H2,1-2H3/t6-,7-/m0/s1. The summed E-state index contributed by atoms with van der Waals surface area (Å²) >= 11 is 0. The van der Waals surface area contributed by atoms with Crippen LogP contribution < -0.4 is 0 Å². The predicted molar refractivity (Wildman–Crippen MR) is 44.9 cm³/mol. The molecule has 5 heteroatoms. The third kappa shape index (κ3) is 1.06. The molecule has 0 radical (unpaired) electrons. The first-order chi connectivity index (χ1) is 5.73. The molecule has 0 N–H and O–H groups in total. The molecule has 1 aliphatic carbocycles. The third-order valence-corrected chi connectivity index (χ3v) is 4.86. The first kappa shape index (κ1) is 8.70. The van der Waals surface area contributed by atoms with E-state index in [2.05, 4.69) is 0 Å². The molecule has 2 aliphatic rings. The largest absolute Gasteiger partial charge is 0.408 e. The molecule has 2 atom stereocenters. The quantitative estimate of drug-likeness (QED) is 0.502. The summed E-state index contributed by atoms with van der Waals surface area (Å²) in [5.41, 5.74) is 0. The van der Waals surface area contributed by atoms with Crippen LogP contribution in [0.25, 0.3) is 0 Å². The second kappa shape index (κ2) is 2.81. The van der Waals surface area contributed by atoms with Gasteiger partial charge in [-0.3, -0.25) is 9.05 Å². The van der Waals surface area contributed by atoms with E-state index in [9.17, 15) is 4.57 Å². The van der Waals surface area contributed by atoms with Crippen LogP contribution in [-0.4, -0.2) is 31.0 Å². The number of hydrogen-bond donors (Lipinski definition) is 0. The van der Waals surface area contributed by atoms with Crippen LogP contribution in [-0.2, 0) is 13.6 Å². The Hall–Kier alpha value is 0.110. The van der Waals surface area contributed by atoms with Gasteiger partial charge in [0.2, 0.25) is 0 Å². The van der Waals surface area contributed by atoms with Crippen molar-refractivity contribution < 1.29 is 13.6 Å². The summed E-state index contributed by atoms with van der Waals surface area (Å²) in [6, 6.07) is 0.937. The average molecular weight is 191 g/mol. The Morgan fingerprint density at radius 2 is 1.75 bits per heavy atom. The highest BCUT2D eigenvalue weighted by Crippen LogP contribution is 2.64. The minimum Gasteiger partial charge on any atom is -0.300 e. The van der Waals surface area contributed by atoms with Crippen molar-refractivity contribution in [1.82, 2.24) is 4.67 Å². The van der Waals surface area contributed by atoms with Crippen LogP contribution >= 0.6 is 7.75 Å². The lowest BCUT2D eigenvalue weighted by Crippen LogP contribution is -2.06. The second-order valence-corrected chi connectivity index (χ2v) is 5.41. The summed E-state index contributed by atoms with van der Waals surface area (Å²) in [5.74, 6) is 0. The first-order valence-corrected chi connectivity index (χ1v) is 5.73. The van der Waals surface area contributed by atoms with Crippen LogP contribution in [0, 0.1) is 0 Å². The zero-order valence-electron chi connectivity index (χ0n) is 7.40. The maximum Gasteiger partial charge on any atom is 0.408 e. The molecule has 1 saturated heterocycles. The van der Waals surface area contributed by atoms with Crippen LogP contribution in [0.5, 0.6) is 0 Å². The third-order valence-electron chi connectivity index (χ3n) is 2.78. The molecule has 0 amide bonds. The fourth-order valence-corrected chi connectivity index (χ4v) is 3.86. The Morgan fingerprint density at radius 3 is 2.17 bits per heavy atom. The fraction of sp³-hybridized carbons (Fsp3) is 1.00. The van der Waals surface area contributed by atoms with Crippen LogP contribution in [0.3, 0.4) is 0 Å². The van der Waals surface area contributed by atoms with Gasteiger partial charge in [0, 0.05) is 26.3 Å². The molecule has 0 bridgehead atoms. The smallest absolute Gasteiger partial charge is 0.300 e. The van der Waals surface area contributed by atoms with Gasteiger partial charge in [-0.05, 0) is 12.8 Å². The maximum absolute atomic E-state index is 11.8. The summed E-state index contributed by atoms with van der Waals surface area (Å²) < 4.78 is 23.5. The average Bonchev–Trinajstić information content (AvgIpc) is 2.60. The normalized spacial score (nSPS) is 39.7. The molecule has 0 spiro atoms. The monoisotopic (exact) mass is 191 g/mol. The van der Waals surface area contributed by atoms with Crippen molar-refractivity contribution in [2.75, 3.05) is 14.2 Å². The maximum atomic E-state index is 11.8. The van der Waals surface area contributed by atoms with Crippen molar-refractivity contribution in [3.05, 3.63) is 0 Å². The molecule has 2 rings (SSSR count). The van der Waals surface area contributed by atoms with Crippen molar-refractivity contribution >= 4 is 7.75 Å². The Morgan fingerprint density at radius 1 is 1.25 bits per heavy atom. The number of fused-ring (bicyclic) bond motifs is 1. The molecule has 12 heavy (non-hydrogen) atoms. The van der Waals surface area contributed by atoms with E-state index < -0.39 is 7.75 Å². The van der Waals surface area contributed by atoms with Crippen molar-refractivity contribution in [3.8, 4) is 0 Å². The van der Waals surface area contributed by atoms with Crippen molar-refractivity contribution in [1.29, 1.82) is 0 Å². The SMILES string of the molecule is COP(=O)(OC)N1[C@H]2CCC[C@@H]21. The van der Waals surface area contributed by atoms with E-state index in [1.54, 1.807) is 0 Å². The molecule has 1 aliphatic heterocycles. The highest BCUT2D eigenvalue weighted by atomic mass is 31.2. The first-order valence-electron chi connectivity index (χ1n) is 4.23. The summed E-state index contributed by atoms with van der Waals surface area (Å²) in [6.45, 7) is 0. The van der Waals surface area contributed by atoms with Gasteiger partial charge in [0.15, 0.2) is 0 Å². The molecule has 0 unspecified atom stereocenters. The van der Waals surface area contributed by atoms with E-state index in [0.29, 0.717) is 12.1 Å². The molecule has 70 valence electrons. The van der Waals surface area contributed by atoms with Gasteiger partial charge >= 0.3 is 7.75 Å². The lowest BCUT2D eigenvalue weighted by atomic mass is 10.3. The Labute approximate surface area is 72.4 Å². The molecule has 0 aromatic heterocycles. The molecule has 1 heterocycles. The summed E-state index contributed by atoms with van der Waals surface area (Å²) in [5, 5.41) is 0. The van der Waals surface area contributed by atoms with E-state index in [1.807, 2.05) is 4.67 Å². The molecule has 0 aromatic rings. The Bertz CT molecular complexity index is 215. The summed E-state index contributed by atoms with van der Waals surface area (Å²) in [7, 11) is -0.000626. The van der Waals surface area contributed by atoms with Gasteiger partial charge in [-0.1, -0.05) is 6.42 Å². The number of piperidine rings is 1. The number of rotatable bonds is 3. The molecule has 4 nitrogen and oxygen atoms in total. The van der Waals surface area contributed by atoms with Gasteiger partial charge in [-0.15, -0.1) is 0 Å². The fourth-order valence-electron chi connectivity index (χ4n) is 2.13. The van der Waals surface area contributed by atoms with Crippen molar-refractivity contribution in [3.63, 3.8) is 0 Å². The molecular weight excluding hydrogens is 177 g/mol. The molecule has 1 saturated carbocycles. The summed E-state index contributed by atoms with van der Waals surface area (Å²) in [6.07, 6.45) is 3.53. The van der Waals surface area contributed by atoms with Crippen LogP contribution in [0.15, 0.2) is 0 Å². The van der Waals surface area contributed by atoms with E-state index >= 15 is 0 Å². The van der Waals surface area contributed by atoms with E-state index in [4.69, 9.17) is 9.05 Å². The Kier molecular flexibility index (Phi) is 2.04. The highest BCUT2D eigenvalue weighted by molar-refractivity contribution is 7.51. The lowest BCUT2D eigenvalue weighted by Gasteiger charge is -2.16. The topological polar surface area (TPSA) is 38.5 Å². The molecule has 2 fully saturated rings. The predicted octanol–water partition coefficient (Wildman–Crippen LogP) is 1.62. The van der Waals surface area contributed by atoms with Crippen LogP contribution in [0.1, 0.15) is 19.3 Å². The van der Waals surface area contributed by atoms with Gasteiger partial charge in [0.05, 0.1) is 0 Å².